The SMILES string of the molecule is Cc1csc(C(N)c2ccco2)c1Cl. The molecule has 0 spiro atoms. The van der Waals surface area contributed by atoms with Gasteiger partial charge >= 0.3 is 0 Å². The Labute approximate surface area is 91.3 Å². The number of hydrogen-bond acceptors (Lipinski definition) is 3. The van der Waals surface area contributed by atoms with Crippen molar-refractivity contribution < 1.29 is 4.42 Å². The van der Waals surface area contributed by atoms with E-state index >= 15 is 0 Å². The average molecular weight is 228 g/mol. The lowest BCUT2D eigenvalue weighted by molar-refractivity contribution is 0.492. The first-order valence-electron chi connectivity index (χ1n) is 4.22. The average Bonchev–Trinajstić information content (AvgIpc) is 2.77. The second-order valence-electron chi connectivity index (χ2n) is 3.09. The van der Waals surface area contributed by atoms with Crippen molar-refractivity contribution in [3.05, 3.63) is 45.0 Å². The highest BCUT2D eigenvalue weighted by molar-refractivity contribution is 7.10. The quantitative estimate of drug-likeness (QED) is 0.855. The number of rotatable bonds is 2. The molecule has 0 aliphatic carbocycles. The summed E-state index contributed by atoms with van der Waals surface area (Å²) < 4.78 is 5.24. The van der Waals surface area contributed by atoms with Crippen LogP contribution in [0.3, 0.4) is 0 Å². The fraction of sp³-hybridized carbons (Fsp3) is 0.200. The molecule has 0 radical (unpaired) electrons. The maximum Gasteiger partial charge on any atom is 0.125 e. The minimum absolute atomic E-state index is 0.254. The van der Waals surface area contributed by atoms with E-state index in [0.717, 1.165) is 21.2 Å². The molecule has 0 saturated heterocycles. The van der Waals surface area contributed by atoms with Gasteiger partial charge in [0.1, 0.15) is 5.76 Å². The number of thiophene rings is 1. The third-order valence-electron chi connectivity index (χ3n) is 2.06. The molecule has 4 heteroatoms. The highest BCUT2D eigenvalue weighted by Gasteiger charge is 2.17. The van der Waals surface area contributed by atoms with Crippen molar-refractivity contribution in [3.8, 4) is 0 Å². The Morgan fingerprint density at radius 2 is 2.36 bits per heavy atom. The Bertz CT molecular complexity index is 421. The first kappa shape index (κ1) is 9.77. The zero-order valence-corrected chi connectivity index (χ0v) is 9.23. The van der Waals surface area contributed by atoms with Crippen LogP contribution in [0.5, 0.6) is 0 Å². The molecule has 0 aromatic carbocycles. The fourth-order valence-corrected chi connectivity index (χ4v) is 2.58. The molecule has 14 heavy (non-hydrogen) atoms. The maximum atomic E-state index is 6.11. The number of hydrogen-bond donors (Lipinski definition) is 1. The maximum absolute atomic E-state index is 6.11. The zero-order valence-electron chi connectivity index (χ0n) is 7.66. The Balaban J connectivity index is 2.36. The molecule has 2 N–H and O–H groups in total. The predicted octanol–water partition coefficient (Wildman–Crippen LogP) is 3.35. The van der Waals surface area contributed by atoms with Crippen LogP contribution >= 0.6 is 22.9 Å². The van der Waals surface area contributed by atoms with Crippen LogP contribution in [0.15, 0.2) is 28.2 Å². The van der Waals surface area contributed by atoms with Crippen LogP contribution < -0.4 is 5.73 Å². The van der Waals surface area contributed by atoms with E-state index in [2.05, 4.69) is 0 Å². The van der Waals surface area contributed by atoms with Gasteiger partial charge in [0.2, 0.25) is 0 Å². The number of furan rings is 1. The molecule has 2 rings (SSSR count). The van der Waals surface area contributed by atoms with Gasteiger partial charge in [-0.05, 0) is 30.0 Å². The Morgan fingerprint density at radius 3 is 2.86 bits per heavy atom. The van der Waals surface area contributed by atoms with Crippen LogP contribution in [0.1, 0.15) is 22.2 Å². The van der Waals surface area contributed by atoms with Crippen LogP contribution in [0, 0.1) is 6.92 Å². The van der Waals surface area contributed by atoms with E-state index in [1.165, 1.54) is 0 Å². The van der Waals surface area contributed by atoms with Gasteiger partial charge in [0, 0.05) is 4.88 Å². The van der Waals surface area contributed by atoms with Crippen molar-refractivity contribution in [3.63, 3.8) is 0 Å². The van der Waals surface area contributed by atoms with Crippen molar-refractivity contribution in [1.29, 1.82) is 0 Å². The smallest absolute Gasteiger partial charge is 0.125 e. The Hall–Kier alpha value is -0.770. The van der Waals surface area contributed by atoms with E-state index in [1.54, 1.807) is 17.6 Å². The van der Waals surface area contributed by atoms with Crippen molar-refractivity contribution in [2.75, 3.05) is 0 Å². The summed E-state index contributed by atoms with van der Waals surface area (Å²) in [5, 5.41) is 2.75. The van der Waals surface area contributed by atoms with E-state index in [9.17, 15) is 0 Å². The molecule has 0 aliphatic heterocycles. The largest absolute Gasteiger partial charge is 0.467 e. The standard InChI is InChI=1S/C10H10ClNOS/c1-6-5-14-10(8(6)11)9(12)7-3-2-4-13-7/h2-5,9H,12H2,1H3. The van der Waals surface area contributed by atoms with Crippen molar-refractivity contribution in [1.82, 2.24) is 0 Å². The van der Waals surface area contributed by atoms with Gasteiger partial charge < -0.3 is 10.2 Å². The number of aryl methyl sites for hydroxylation is 1. The molecule has 74 valence electrons. The van der Waals surface area contributed by atoms with Gasteiger partial charge in [0.25, 0.3) is 0 Å². The molecule has 2 aromatic heterocycles. The van der Waals surface area contributed by atoms with E-state index < -0.39 is 0 Å². The van der Waals surface area contributed by atoms with E-state index in [0.29, 0.717) is 0 Å². The number of nitrogens with two attached hydrogens (primary N) is 1. The number of halogens is 1. The Kier molecular flexibility index (Phi) is 2.63. The minimum atomic E-state index is -0.254. The molecule has 0 saturated carbocycles. The van der Waals surface area contributed by atoms with Crippen LogP contribution in [-0.2, 0) is 0 Å². The molecule has 1 atom stereocenters. The van der Waals surface area contributed by atoms with Gasteiger partial charge in [-0.25, -0.2) is 0 Å². The van der Waals surface area contributed by atoms with Crippen molar-refractivity contribution in [2.24, 2.45) is 5.73 Å². The van der Waals surface area contributed by atoms with Crippen LogP contribution in [0.2, 0.25) is 5.02 Å². The normalized spacial score (nSPS) is 13.1. The van der Waals surface area contributed by atoms with Crippen LogP contribution in [-0.4, -0.2) is 0 Å². The van der Waals surface area contributed by atoms with Gasteiger partial charge in [-0.3, -0.25) is 0 Å². The predicted molar refractivity (Wildman–Crippen MR) is 58.8 cm³/mol. The summed E-state index contributed by atoms with van der Waals surface area (Å²) in [4.78, 5) is 0.958. The van der Waals surface area contributed by atoms with Crippen molar-refractivity contribution in [2.45, 2.75) is 13.0 Å². The summed E-state index contributed by atoms with van der Waals surface area (Å²) in [6, 6.07) is 3.43. The third-order valence-corrected chi connectivity index (χ3v) is 3.85. The highest BCUT2D eigenvalue weighted by Crippen LogP contribution is 2.34. The Morgan fingerprint density at radius 1 is 1.57 bits per heavy atom. The molecule has 0 fully saturated rings. The van der Waals surface area contributed by atoms with Gasteiger partial charge in [-0.2, -0.15) is 0 Å². The monoisotopic (exact) mass is 227 g/mol. The topological polar surface area (TPSA) is 39.2 Å². The van der Waals surface area contributed by atoms with Gasteiger partial charge in [-0.15, -0.1) is 11.3 Å². The summed E-state index contributed by atoms with van der Waals surface area (Å²) in [5.41, 5.74) is 7.07. The molecule has 0 bridgehead atoms. The summed E-state index contributed by atoms with van der Waals surface area (Å²) in [6.07, 6.45) is 1.61. The first-order chi connectivity index (χ1) is 6.70. The molecule has 0 aliphatic rings. The zero-order chi connectivity index (χ0) is 10.1. The second kappa shape index (κ2) is 3.77. The summed E-state index contributed by atoms with van der Waals surface area (Å²) in [6.45, 7) is 1.97. The molecule has 0 amide bonds. The lowest BCUT2D eigenvalue weighted by Crippen LogP contribution is -2.09. The summed E-state index contributed by atoms with van der Waals surface area (Å²) in [5.74, 6) is 0.744. The van der Waals surface area contributed by atoms with E-state index in [1.807, 2.05) is 24.4 Å². The molecular weight excluding hydrogens is 218 g/mol. The molecule has 2 aromatic rings. The van der Waals surface area contributed by atoms with Crippen molar-refractivity contribution >= 4 is 22.9 Å². The van der Waals surface area contributed by atoms with Gasteiger partial charge in [0.05, 0.1) is 17.3 Å². The molecule has 1 unspecified atom stereocenters. The third kappa shape index (κ3) is 1.59. The first-order valence-corrected chi connectivity index (χ1v) is 5.48. The van der Waals surface area contributed by atoms with Crippen LogP contribution in [0.4, 0.5) is 0 Å². The second-order valence-corrected chi connectivity index (χ2v) is 4.38. The molecule has 2 nitrogen and oxygen atoms in total. The molecule has 2 heterocycles. The lowest BCUT2D eigenvalue weighted by Gasteiger charge is -2.06. The highest BCUT2D eigenvalue weighted by atomic mass is 35.5. The molecular formula is C10H10ClNOS. The van der Waals surface area contributed by atoms with E-state index in [-0.39, 0.29) is 6.04 Å². The van der Waals surface area contributed by atoms with Gasteiger partial charge in [-0.1, -0.05) is 11.6 Å². The van der Waals surface area contributed by atoms with Crippen LogP contribution in [0.25, 0.3) is 0 Å². The summed E-state index contributed by atoms with van der Waals surface area (Å²) in [7, 11) is 0. The van der Waals surface area contributed by atoms with Gasteiger partial charge in [0.15, 0.2) is 0 Å². The van der Waals surface area contributed by atoms with E-state index in [4.69, 9.17) is 21.8 Å². The minimum Gasteiger partial charge on any atom is -0.467 e. The lowest BCUT2D eigenvalue weighted by atomic mass is 10.2. The fourth-order valence-electron chi connectivity index (χ4n) is 1.26. The summed E-state index contributed by atoms with van der Waals surface area (Å²) >= 11 is 7.67.